The van der Waals surface area contributed by atoms with Gasteiger partial charge in [0.1, 0.15) is 0 Å². The Kier molecular flexibility index (Phi) is 3.08. The zero-order valence-corrected chi connectivity index (χ0v) is 11.2. The summed E-state index contributed by atoms with van der Waals surface area (Å²) in [7, 11) is 1.87. The number of pyridine rings is 1. The number of aryl methyl sites for hydroxylation is 1. The highest BCUT2D eigenvalue weighted by Crippen LogP contribution is 2.18. The number of aromatic nitrogens is 4. The van der Waals surface area contributed by atoms with E-state index in [2.05, 4.69) is 10.2 Å². The number of hydrogen-bond acceptors (Lipinski definition) is 4. The molecule has 0 aliphatic heterocycles. The Labute approximate surface area is 114 Å². The number of nitrogens with zero attached hydrogens (tertiary/aromatic N) is 4. The number of carbonyl (C=O) groups is 1. The summed E-state index contributed by atoms with van der Waals surface area (Å²) in [6.07, 6.45) is 3.76. The van der Waals surface area contributed by atoms with Gasteiger partial charge in [0.15, 0.2) is 16.6 Å². The van der Waals surface area contributed by atoms with E-state index < -0.39 is 0 Å². The molecule has 0 saturated heterocycles. The van der Waals surface area contributed by atoms with Crippen molar-refractivity contribution in [1.29, 1.82) is 0 Å². The predicted molar refractivity (Wildman–Crippen MR) is 73.5 cm³/mol. The Bertz CT molecular complexity index is 731. The molecule has 0 fully saturated rings. The number of rotatable bonds is 4. The van der Waals surface area contributed by atoms with Crippen molar-refractivity contribution in [2.24, 2.45) is 7.05 Å². The van der Waals surface area contributed by atoms with Crippen molar-refractivity contribution in [1.82, 2.24) is 19.2 Å². The molecule has 19 heavy (non-hydrogen) atoms. The number of thioether (sulfide) groups is 1. The lowest BCUT2D eigenvalue weighted by atomic mass is 10.3. The minimum Gasteiger partial charge on any atom is -0.348 e. The van der Waals surface area contributed by atoms with Gasteiger partial charge in [0.05, 0.1) is 11.4 Å². The van der Waals surface area contributed by atoms with Crippen LogP contribution in [0, 0.1) is 0 Å². The van der Waals surface area contributed by atoms with Gasteiger partial charge in [-0.15, -0.1) is 10.2 Å². The zero-order chi connectivity index (χ0) is 13.2. The van der Waals surface area contributed by atoms with Crippen LogP contribution >= 0.6 is 11.8 Å². The molecule has 6 heteroatoms. The fourth-order valence-electron chi connectivity index (χ4n) is 1.87. The fraction of sp³-hybridized carbons (Fsp3) is 0.154. The van der Waals surface area contributed by atoms with E-state index in [1.807, 2.05) is 58.7 Å². The SMILES string of the molecule is Cn1cccc1C(=O)CSc1nnc2ccccn12. The average Bonchev–Trinajstić information content (AvgIpc) is 3.02. The minimum absolute atomic E-state index is 0.0881. The van der Waals surface area contributed by atoms with Crippen LogP contribution in [-0.4, -0.2) is 30.7 Å². The first-order valence-electron chi connectivity index (χ1n) is 5.83. The molecule has 0 saturated carbocycles. The lowest BCUT2D eigenvalue weighted by Crippen LogP contribution is -2.08. The van der Waals surface area contributed by atoms with Crippen molar-refractivity contribution in [2.45, 2.75) is 5.16 Å². The second-order valence-corrected chi connectivity index (χ2v) is 5.07. The highest BCUT2D eigenvalue weighted by molar-refractivity contribution is 7.99. The molecule has 0 aliphatic carbocycles. The van der Waals surface area contributed by atoms with Gasteiger partial charge in [0.2, 0.25) is 0 Å². The normalized spacial score (nSPS) is 11.0. The Morgan fingerprint density at radius 3 is 2.89 bits per heavy atom. The van der Waals surface area contributed by atoms with E-state index >= 15 is 0 Å². The van der Waals surface area contributed by atoms with E-state index in [1.54, 1.807) is 0 Å². The average molecular weight is 272 g/mol. The smallest absolute Gasteiger partial charge is 0.196 e. The quantitative estimate of drug-likeness (QED) is 0.539. The number of ketones is 1. The summed E-state index contributed by atoms with van der Waals surface area (Å²) in [4.78, 5) is 12.1. The molecule has 0 radical (unpaired) electrons. The second kappa shape index (κ2) is 4.89. The molecule has 0 atom stereocenters. The molecule has 3 heterocycles. The molecular formula is C13H12N4OS. The van der Waals surface area contributed by atoms with E-state index in [0.29, 0.717) is 11.4 Å². The van der Waals surface area contributed by atoms with Crippen molar-refractivity contribution >= 4 is 23.2 Å². The van der Waals surface area contributed by atoms with Crippen molar-refractivity contribution < 1.29 is 4.79 Å². The summed E-state index contributed by atoms with van der Waals surface area (Å²) in [6, 6.07) is 9.40. The number of Topliss-reactive ketones (excluding diaryl/α,β-unsaturated/α-hetero) is 1. The van der Waals surface area contributed by atoms with Crippen molar-refractivity contribution in [3.05, 3.63) is 48.4 Å². The van der Waals surface area contributed by atoms with Crippen LogP contribution in [-0.2, 0) is 7.05 Å². The van der Waals surface area contributed by atoms with Gasteiger partial charge in [-0.1, -0.05) is 17.8 Å². The van der Waals surface area contributed by atoms with E-state index in [1.165, 1.54) is 11.8 Å². The van der Waals surface area contributed by atoms with Crippen LogP contribution in [0.15, 0.2) is 47.9 Å². The largest absolute Gasteiger partial charge is 0.348 e. The van der Waals surface area contributed by atoms with Crippen molar-refractivity contribution in [3.8, 4) is 0 Å². The van der Waals surface area contributed by atoms with Crippen molar-refractivity contribution in [3.63, 3.8) is 0 Å². The standard InChI is InChI=1S/C13H12N4OS/c1-16-7-4-5-10(16)11(18)9-19-13-15-14-12-6-2-3-8-17(12)13/h2-8H,9H2,1H3. The fourth-order valence-corrected chi connectivity index (χ4v) is 2.67. The molecular weight excluding hydrogens is 260 g/mol. The molecule has 0 bridgehead atoms. The highest BCUT2D eigenvalue weighted by atomic mass is 32.2. The molecule has 5 nitrogen and oxygen atoms in total. The third-order valence-corrected chi connectivity index (χ3v) is 3.79. The first kappa shape index (κ1) is 12.0. The Morgan fingerprint density at radius 1 is 1.21 bits per heavy atom. The number of hydrogen-bond donors (Lipinski definition) is 0. The van der Waals surface area contributed by atoms with Gasteiger partial charge in [0.25, 0.3) is 0 Å². The van der Waals surface area contributed by atoms with Gasteiger partial charge in [-0.3, -0.25) is 9.20 Å². The highest BCUT2D eigenvalue weighted by Gasteiger charge is 2.12. The third-order valence-electron chi connectivity index (χ3n) is 2.84. The molecule has 96 valence electrons. The van der Waals surface area contributed by atoms with Crippen LogP contribution in [0.4, 0.5) is 0 Å². The summed E-state index contributed by atoms with van der Waals surface area (Å²) in [5, 5.41) is 8.87. The van der Waals surface area contributed by atoms with E-state index in [0.717, 1.165) is 10.8 Å². The van der Waals surface area contributed by atoms with Crippen LogP contribution in [0.1, 0.15) is 10.5 Å². The lowest BCUT2D eigenvalue weighted by molar-refractivity contribution is 0.101. The minimum atomic E-state index is 0.0881. The Morgan fingerprint density at radius 2 is 2.11 bits per heavy atom. The molecule has 0 unspecified atom stereocenters. The maximum atomic E-state index is 12.1. The van der Waals surface area contributed by atoms with Crippen LogP contribution in [0.5, 0.6) is 0 Å². The third kappa shape index (κ3) is 2.26. The first-order chi connectivity index (χ1) is 9.25. The molecule has 0 aromatic carbocycles. The van der Waals surface area contributed by atoms with Crippen LogP contribution in [0.2, 0.25) is 0 Å². The summed E-state index contributed by atoms with van der Waals surface area (Å²) in [5.74, 6) is 0.443. The van der Waals surface area contributed by atoms with Crippen LogP contribution in [0.25, 0.3) is 5.65 Å². The monoisotopic (exact) mass is 272 g/mol. The first-order valence-corrected chi connectivity index (χ1v) is 6.81. The summed E-state index contributed by atoms with van der Waals surface area (Å²) >= 11 is 1.40. The zero-order valence-electron chi connectivity index (χ0n) is 10.4. The molecule has 0 N–H and O–H groups in total. The van der Waals surface area contributed by atoms with Crippen LogP contribution < -0.4 is 0 Å². The molecule has 0 amide bonds. The van der Waals surface area contributed by atoms with Gasteiger partial charge in [-0.25, -0.2) is 0 Å². The maximum Gasteiger partial charge on any atom is 0.196 e. The second-order valence-electron chi connectivity index (χ2n) is 4.13. The lowest BCUT2D eigenvalue weighted by Gasteiger charge is -2.01. The van der Waals surface area contributed by atoms with E-state index in [-0.39, 0.29) is 5.78 Å². The van der Waals surface area contributed by atoms with Gasteiger partial charge in [-0.2, -0.15) is 0 Å². The predicted octanol–water partition coefficient (Wildman–Crippen LogP) is 2.04. The van der Waals surface area contributed by atoms with Crippen molar-refractivity contribution in [2.75, 3.05) is 5.75 Å². The van der Waals surface area contributed by atoms with Gasteiger partial charge < -0.3 is 4.57 Å². The molecule has 3 aromatic heterocycles. The summed E-state index contributed by atoms with van der Waals surface area (Å²) in [6.45, 7) is 0. The Hall–Kier alpha value is -2.08. The van der Waals surface area contributed by atoms with E-state index in [4.69, 9.17) is 0 Å². The molecule has 0 spiro atoms. The Balaban J connectivity index is 1.76. The van der Waals surface area contributed by atoms with Gasteiger partial charge in [0, 0.05) is 19.4 Å². The van der Waals surface area contributed by atoms with E-state index in [9.17, 15) is 4.79 Å². The topological polar surface area (TPSA) is 52.2 Å². The number of carbonyl (C=O) groups excluding carboxylic acids is 1. The van der Waals surface area contributed by atoms with Gasteiger partial charge in [-0.05, 0) is 24.3 Å². The molecule has 3 rings (SSSR count). The summed E-state index contributed by atoms with van der Waals surface area (Å²) in [5.41, 5.74) is 1.50. The van der Waals surface area contributed by atoms with Crippen LogP contribution in [0.3, 0.4) is 0 Å². The molecule has 3 aromatic rings. The van der Waals surface area contributed by atoms with Gasteiger partial charge >= 0.3 is 0 Å². The maximum absolute atomic E-state index is 12.1. The number of fused-ring (bicyclic) bond motifs is 1. The summed E-state index contributed by atoms with van der Waals surface area (Å²) < 4.78 is 3.70. The molecule has 0 aliphatic rings.